The minimum Gasteiger partial charge on any atom is -0.490 e. The molecule has 3 fully saturated rings. The van der Waals surface area contributed by atoms with Crippen molar-refractivity contribution in [1.29, 1.82) is 0 Å². The average Bonchev–Trinajstić information content (AvgIpc) is 3.31. The highest BCUT2D eigenvalue weighted by molar-refractivity contribution is 5.86. The summed E-state index contributed by atoms with van der Waals surface area (Å²) in [7, 11) is 0. The van der Waals surface area contributed by atoms with Crippen molar-refractivity contribution in [2.24, 2.45) is 0 Å². The maximum atomic E-state index is 9.90. The zero-order valence-corrected chi connectivity index (χ0v) is 15.5. The van der Waals surface area contributed by atoms with E-state index in [9.17, 15) is 5.11 Å². The summed E-state index contributed by atoms with van der Waals surface area (Å²) in [5, 5.41) is 11.2. The first-order valence-electron chi connectivity index (χ1n) is 10.5. The predicted molar refractivity (Wildman–Crippen MR) is 104 cm³/mol. The quantitative estimate of drug-likeness (QED) is 0.897. The maximum Gasteiger partial charge on any atom is 0.129 e. The van der Waals surface area contributed by atoms with E-state index in [0.717, 1.165) is 44.5 Å². The fourth-order valence-corrected chi connectivity index (χ4v) is 5.16. The van der Waals surface area contributed by atoms with Gasteiger partial charge >= 0.3 is 0 Å². The lowest BCUT2D eigenvalue weighted by Gasteiger charge is -2.44. The van der Waals surface area contributed by atoms with Crippen LogP contribution in [0.5, 0.6) is 5.75 Å². The van der Waals surface area contributed by atoms with Crippen molar-refractivity contribution in [2.75, 3.05) is 13.1 Å². The van der Waals surface area contributed by atoms with Crippen molar-refractivity contribution in [3.8, 4) is 5.75 Å². The molecule has 2 aromatic rings. The lowest BCUT2D eigenvalue weighted by atomic mass is 9.86. The molecule has 2 saturated carbocycles. The molecule has 3 aliphatic rings. The standard InChI is InChI=1S/C22H30N2O2/c25-21-9-8-20(21)23-13-10-17(11-14-23)26-22-7-3-6-19-18(22)12-15-24(19)16-4-1-2-5-16/h3,6-7,12,15-17,20-21,25H,1-2,4-5,8-11,13-14H2. The van der Waals surface area contributed by atoms with E-state index < -0.39 is 0 Å². The number of hydrogen-bond donors (Lipinski definition) is 1. The lowest BCUT2D eigenvalue weighted by Crippen LogP contribution is -2.54. The van der Waals surface area contributed by atoms with E-state index >= 15 is 0 Å². The highest BCUT2D eigenvalue weighted by Gasteiger charge is 2.36. The smallest absolute Gasteiger partial charge is 0.129 e. The van der Waals surface area contributed by atoms with E-state index in [-0.39, 0.29) is 6.10 Å². The SMILES string of the molecule is OC1CCC1N1CCC(Oc2cccc3c2ccn3C2CCCC2)CC1. The van der Waals surface area contributed by atoms with E-state index in [2.05, 4.69) is 39.9 Å². The van der Waals surface area contributed by atoms with Gasteiger partial charge in [0, 0.05) is 36.8 Å². The molecule has 1 saturated heterocycles. The van der Waals surface area contributed by atoms with Gasteiger partial charge in [-0.25, -0.2) is 0 Å². The normalized spacial score (nSPS) is 28.5. The molecule has 1 aromatic carbocycles. The number of likely N-dealkylation sites (tertiary alicyclic amines) is 1. The lowest BCUT2D eigenvalue weighted by molar-refractivity contribution is -0.0406. The van der Waals surface area contributed by atoms with E-state index in [1.54, 1.807) is 0 Å². The second kappa shape index (κ2) is 6.90. The van der Waals surface area contributed by atoms with Crippen LogP contribution in [0.4, 0.5) is 0 Å². The predicted octanol–water partition coefficient (Wildman–Crippen LogP) is 4.12. The molecule has 1 aromatic heterocycles. The summed E-state index contributed by atoms with van der Waals surface area (Å²) < 4.78 is 8.92. The van der Waals surface area contributed by atoms with Gasteiger partial charge in [0.2, 0.25) is 0 Å². The van der Waals surface area contributed by atoms with Gasteiger partial charge in [0.05, 0.1) is 11.6 Å². The van der Waals surface area contributed by atoms with E-state index in [1.165, 1.54) is 36.6 Å². The van der Waals surface area contributed by atoms with Gasteiger partial charge in [-0.1, -0.05) is 18.9 Å². The van der Waals surface area contributed by atoms with Crippen molar-refractivity contribution in [3.05, 3.63) is 30.5 Å². The number of rotatable bonds is 4. The molecular formula is C22H30N2O2. The largest absolute Gasteiger partial charge is 0.490 e. The van der Waals surface area contributed by atoms with Gasteiger partial charge in [-0.15, -0.1) is 0 Å². The Labute approximate surface area is 155 Å². The summed E-state index contributed by atoms with van der Waals surface area (Å²) in [6, 6.07) is 9.82. The number of nitrogens with zero attached hydrogens (tertiary/aromatic N) is 2. The van der Waals surface area contributed by atoms with Crippen LogP contribution in [-0.4, -0.2) is 45.9 Å². The Morgan fingerprint density at radius 3 is 2.42 bits per heavy atom. The van der Waals surface area contributed by atoms with Crippen LogP contribution < -0.4 is 4.74 Å². The monoisotopic (exact) mass is 354 g/mol. The van der Waals surface area contributed by atoms with Crippen LogP contribution in [0, 0.1) is 0 Å². The number of aliphatic hydroxyl groups is 1. The molecule has 26 heavy (non-hydrogen) atoms. The molecule has 2 aliphatic carbocycles. The van der Waals surface area contributed by atoms with Crippen LogP contribution in [0.2, 0.25) is 0 Å². The Morgan fingerprint density at radius 2 is 1.73 bits per heavy atom. The van der Waals surface area contributed by atoms with Crippen LogP contribution in [0.1, 0.15) is 57.4 Å². The summed E-state index contributed by atoms with van der Waals surface area (Å²) in [5.74, 6) is 1.04. The van der Waals surface area contributed by atoms with Crippen LogP contribution in [0.25, 0.3) is 10.9 Å². The fourth-order valence-electron chi connectivity index (χ4n) is 5.16. The van der Waals surface area contributed by atoms with Crippen LogP contribution >= 0.6 is 0 Å². The minimum absolute atomic E-state index is 0.100. The third-order valence-corrected chi connectivity index (χ3v) is 6.88. The second-order valence-electron chi connectivity index (χ2n) is 8.42. The van der Waals surface area contributed by atoms with Gasteiger partial charge in [0.1, 0.15) is 11.9 Å². The molecule has 0 amide bonds. The highest BCUT2D eigenvalue weighted by Crippen LogP contribution is 2.36. The molecule has 2 atom stereocenters. The summed E-state index contributed by atoms with van der Waals surface area (Å²) >= 11 is 0. The number of fused-ring (bicyclic) bond motifs is 1. The molecule has 0 spiro atoms. The molecule has 1 N–H and O–H groups in total. The van der Waals surface area contributed by atoms with Gasteiger partial charge in [-0.05, 0) is 56.7 Å². The molecule has 140 valence electrons. The van der Waals surface area contributed by atoms with Crippen molar-refractivity contribution in [2.45, 2.75) is 75.7 Å². The first kappa shape index (κ1) is 16.6. The zero-order valence-electron chi connectivity index (χ0n) is 15.5. The van der Waals surface area contributed by atoms with E-state index in [4.69, 9.17) is 4.74 Å². The van der Waals surface area contributed by atoms with Gasteiger partial charge in [-0.2, -0.15) is 0 Å². The molecule has 2 unspecified atom stereocenters. The van der Waals surface area contributed by atoms with E-state index in [1.807, 2.05) is 0 Å². The molecule has 0 radical (unpaired) electrons. The second-order valence-corrected chi connectivity index (χ2v) is 8.42. The van der Waals surface area contributed by atoms with Crippen LogP contribution in [0.15, 0.2) is 30.5 Å². The Kier molecular flexibility index (Phi) is 4.41. The summed E-state index contributed by atoms with van der Waals surface area (Å²) in [6.07, 6.45) is 12.0. The topological polar surface area (TPSA) is 37.6 Å². The Morgan fingerprint density at radius 1 is 0.923 bits per heavy atom. The molecular weight excluding hydrogens is 324 g/mol. The third-order valence-electron chi connectivity index (χ3n) is 6.88. The maximum absolute atomic E-state index is 9.90. The first-order chi connectivity index (χ1) is 12.8. The van der Waals surface area contributed by atoms with Gasteiger partial charge in [0.15, 0.2) is 0 Å². The summed E-state index contributed by atoms with van der Waals surface area (Å²) in [4.78, 5) is 2.46. The summed E-state index contributed by atoms with van der Waals surface area (Å²) in [5.41, 5.74) is 1.32. The Hall–Kier alpha value is -1.52. The number of piperidine rings is 1. The molecule has 5 rings (SSSR count). The zero-order chi connectivity index (χ0) is 17.5. The van der Waals surface area contributed by atoms with Crippen LogP contribution in [-0.2, 0) is 0 Å². The Balaban J connectivity index is 1.28. The molecule has 4 nitrogen and oxygen atoms in total. The van der Waals surface area contributed by atoms with Crippen molar-refractivity contribution in [1.82, 2.24) is 9.47 Å². The van der Waals surface area contributed by atoms with Gasteiger partial charge in [0.25, 0.3) is 0 Å². The molecule has 2 heterocycles. The van der Waals surface area contributed by atoms with Crippen molar-refractivity contribution < 1.29 is 9.84 Å². The van der Waals surface area contributed by atoms with Gasteiger partial charge < -0.3 is 14.4 Å². The number of hydrogen-bond acceptors (Lipinski definition) is 3. The molecule has 4 heteroatoms. The average molecular weight is 354 g/mol. The van der Waals surface area contributed by atoms with Crippen molar-refractivity contribution >= 4 is 10.9 Å². The molecule has 1 aliphatic heterocycles. The first-order valence-corrected chi connectivity index (χ1v) is 10.5. The third kappa shape index (κ3) is 2.93. The number of aliphatic hydroxyl groups excluding tert-OH is 1. The Bertz CT molecular complexity index is 757. The van der Waals surface area contributed by atoms with E-state index in [0.29, 0.717) is 18.2 Å². The number of benzene rings is 1. The number of ether oxygens (including phenoxy) is 1. The van der Waals surface area contributed by atoms with Gasteiger partial charge in [-0.3, -0.25) is 4.90 Å². The van der Waals surface area contributed by atoms with Crippen molar-refractivity contribution in [3.63, 3.8) is 0 Å². The highest BCUT2D eigenvalue weighted by atomic mass is 16.5. The number of aromatic nitrogens is 1. The summed E-state index contributed by atoms with van der Waals surface area (Å²) in [6.45, 7) is 2.09. The minimum atomic E-state index is -0.100. The van der Waals surface area contributed by atoms with Crippen LogP contribution in [0.3, 0.4) is 0 Å². The molecule has 0 bridgehead atoms. The fraction of sp³-hybridized carbons (Fsp3) is 0.636.